The van der Waals surface area contributed by atoms with Crippen LogP contribution in [0.4, 0.5) is 0 Å². The largest absolute Gasteiger partial charge is 0.454 e. The molecule has 0 aromatic heterocycles. The lowest BCUT2D eigenvalue weighted by molar-refractivity contribution is -0.305. The van der Waals surface area contributed by atoms with Crippen molar-refractivity contribution in [2.24, 2.45) is 0 Å². The molecule has 0 bridgehead atoms. The number of carbonyl (C=O) groups excluding carboxylic acids is 2. The third-order valence-electron chi connectivity index (χ3n) is 13.7. The van der Waals surface area contributed by atoms with Crippen molar-refractivity contribution < 1.29 is 49.3 Å². The minimum Gasteiger partial charge on any atom is -0.454 e. The number of hydrogen-bond donors (Lipinski definition) is 6. The molecule has 0 spiro atoms. The smallest absolute Gasteiger partial charge is 0.306 e. The maximum Gasteiger partial charge on any atom is 0.306 e. The van der Waals surface area contributed by atoms with E-state index in [1.165, 1.54) is 116 Å². The van der Waals surface area contributed by atoms with E-state index in [-0.39, 0.29) is 19.4 Å². The highest BCUT2D eigenvalue weighted by Gasteiger charge is 2.47. The second-order valence-electron chi connectivity index (χ2n) is 20.3. The second-order valence-corrected chi connectivity index (χ2v) is 20.3. The number of hydrogen-bond acceptors (Lipinski definition) is 10. The first-order valence-electron chi connectivity index (χ1n) is 29.6. The van der Waals surface area contributed by atoms with Gasteiger partial charge in [0.2, 0.25) is 5.91 Å². The van der Waals surface area contributed by atoms with Gasteiger partial charge in [-0.25, -0.2) is 0 Å². The molecule has 0 saturated carbocycles. The van der Waals surface area contributed by atoms with Crippen LogP contribution >= 0.6 is 0 Å². The Labute approximate surface area is 439 Å². The van der Waals surface area contributed by atoms with Crippen molar-refractivity contribution in [3.8, 4) is 0 Å². The lowest BCUT2D eigenvalue weighted by Gasteiger charge is -2.41. The number of esters is 1. The summed E-state index contributed by atoms with van der Waals surface area (Å²) < 4.78 is 17.6. The molecule has 0 aromatic carbocycles. The molecule has 11 nitrogen and oxygen atoms in total. The van der Waals surface area contributed by atoms with Gasteiger partial charge in [0.15, 0.2) is 12.4 Å². The van der Waals surface area contributed by atoms with Gasteiger partial charge in [-0.05, 0) is 83.5 Å². The number of carbonyl (C=O) groups is 2. The molecule has 8 atom stereocenters. The Bertz CT molecular complexity index is 1400. The van der Waals surface area contributed by atoms with E-state index in [9.17, 15) is 35.1 Å². The number of aliphatic hydroxyl groups is 5. The van der Waals surface area contributed by atoms with Gasteiger partial charge in [0.05, 0.1) is 25.4 Å². The molecule has 1 aliphatic rings. The summed E-state index contributed by atoms with van der Waals surface area (Å²) in [6, 6.07) is -1.04. The van der Waals surface area contributed by atoms with Gasteiger partial charge in [0.25, 0.3) is 0 Å². The molecule has 1 rings (SSSR count). The van der Waals surface area contributed by atoms with E-state index in [1.54, 1.807) is 6.08 Å². The summed E-state index contributed by atoms with van der Waals surface area (Å²) in [5.41, 5.74) is 0. The lowest BCUT2D eigenvalue weighted by atomic mass is 9.99. The second kappa shape index (κ2) is 49.2. The van der Waals surface area contributed by atoms with Crippen LogP contribution in [0.5, 0.6) is 0 Å². The predicted octanol–water partition coefficient (Wildman–Crippen LogP) is 13.4. The summed E-state index contributed by atoms with van der Waals surface area (Å²) in [6.45, 7) is 5.65. The standard InChI is InChI=1S/C61H109NO10/c1-4-7-10-13-16-19-22-25-26-27-28-31-34-37-40-43-46-49-56(66)72-59-58(68)57(67)55(50-63)71-61(59)70-51-52(53(64)47-44-41-38-35-32-29-23-20-17-14-11-8-5-2)62-60(69)54(65)48-45-42-39-36-33-30-24-21-18-15-12-9-6-3/h9,12,18,21,25-26,30,33,44,47,52-55,57-59,61,63-65,67-68H,4-8,10-11,13-17,19-20,22-24,27-29,31-32,34-43,45-46,48-51H2,1-3H3,(H,62,69)/b12-9+,21-18+,26-25+,33-30+,47-44+. The number of nitrogens with one attached hydrogen (secondary N) is 1. The zero-order valence-corrected chi connectivity index (χ0v) is 46.0. The van der Waals surface area contributed by atoms with Crippen LogP contribution in [-0.4, -0.2) is 99.6 Å². The van der Waals surface area contributed by atoms with Crippen LogP contribution in [0.1, 0.15) is 252 Å². The van der Waals surface area contributed by atoms with Crippen LogP contribution in [0.15, 0.2) is 60.8 Å². The SMILES string of the molecule is CC/C=C/C/C=C/C/C=C/CCCCCC(O)C(=O)NC(COC1OC(CO)C(O)C(O)C1OC(=O)CCCCCCCCC/C=C/CCCCCCCC)C(O)/C=C/CCCCCCCCCCCCC. The van der Waals surface area contributed by atoms with Crippen LogP contribution in [-0.2, 0) is 23.8 Å². The van der Waals surface area contributed by atoms with Crippen molar-refractivity contribution in [2.75, 3.05) is 13.2 Å². The highest BCUT2D eigenvalue weighted by Crippen LogP contribution is 2.26. The third kappa shape index (κ3) is 37.1. The fourth-order valence-electron chi connectivity index (χ4n) is 8.95. The number of aliphatic hydroxyl groups excluding tert-OH is 5. The lowest BCUT2D eigenvalue weighted by Crippen LogP contribution is -2.61. The van der Waals surface area contributed by atoms with Gasteiger partial charge in [-0.2, -0.15) is 0 Å². The van der Waals surface area contributed by atoms with E-state index in [2.05, 4.69) is 74.7 Å². The minimum atomic E-state index is -1.62. The van der Waals surface area contributed by atoms with Crippen LogP contribution in [0.25, 0.3) is 0 Å². The zero-order valence-electron chi connectivity index (χ0n) is 46.0. The van der Waals surface area contributed by atoms with Crippen LogP contribution in [0, 0.1) is 0 Å². The van der Waals surface area contributed by atoms with Crippen molar-refractivity contribution in [1.82, 2.24) is 5.32 Å². The van der Waals surface area contributed by atoms with Gasteiger partial charge in [-0.3, -0.25) is 9.59 Å². The Kier molecular flexibility index (Phi) is 46.1. The van der Waals surface area contributed by atoms with Gasteiger partial charge in [-0.1, -0.05) is 223 Å². The van der Waals surface area contributed by atoms with Gasteiger partial charge in [0.1, 0.15) is 24.4 Å². The molecule has 6 N–H and O–H groups in total. The van der Waals surface area contributed by atoms with E-state index in [4.69, 9.17) is 14.2 Å². The number of unbranched alkanes of at least 4 members (excludes halogenated alkanes) is 27. The first-order chi connectivity index (χ1) is 35.2. The number of amides is 1. The van der Waals surface area contributed by atoms with Crippen LogP contribution in [0.2, 0.25) is 0 Å². The average Bonchev–Trinajstić information content (AvgIpc) is 3.38. The van der Waals surface area contributed by atoms with Gasteiger partial charge < -0.3 is 45.1 Å². The molecule has 1 amide bonds. The molecule has 1 heterocycles. The molecule has 1 fully saturated rings. The number of ether oxygens (including phenoxy) is 3. The zero-order chi connectivity index (χ0) is 52.5. The van der Waals surface area contributed by atoms with Crippen molar-refractivity contribution in [3.05, 3.63) is 60.8 Å². The highest BCUT2D eigenvalue weighted by molar-refractivity contribution is 5.80. The summed E-state index contributed by atoms with van der Waals surface area (Å²) in [4.78, 5) is 26.5. The third-order valence-corrected chi connectivity index (χ3v) is 13.7. The maximum atomic E-state index is 13.4. The summed E-state index contributed by atoms with van der Waals surface area (Å²) in [5.74, 6) is -1.22. The summed E-state index contributed by atoms with van der Waals surface area (Å²) in [5, 5.41) is 56.8. The molecular weight excluding hydrogens is 907 g/mol. The number of rotatable bonds is 49. The quantitative estimate of drug-likeness (QED) is 0.0195. The molecule has 1 aliphatic heterocycles. The molecule has 0 radical (unpaired) electrons. The fraction of sp³-hybridized carbons (Fsp3) is 0.803. The van der Waals surface area contributed by atoms with Crippen molar-refractivity contribution in [1.29, 1.82) is 0 Å². The molecule has 1 saturated heterocycles. The summed E-state index contributed by atoms with van der Waals surface area (Å²) in [7, 11) is 0. The molecular formula is C61H109NO10. The Balaban J connectivity index is 2.73. The highest BCUT2D eigenvalue weighted by atomic mass is 16.7. The molecule has 72 heavy (non-hydrogen) atoms. The first-order valence-corrected chi connectivity index (χ1v) is 29.6. The molecule has 0 aromatic rings. The predicted molar refractivity (Wildman–Crippen MR) is 296 cm³/mol. The van der Waals surface area contributed by atoms with E-state index < -0.39 is 67.4 Å². The molecule has 8 unspecified atom stereocenters. The van der Waals surface area contributed by atoms with Gasteiger partial charge >= 0.3 is 5.97 Å². The van der Waals surface area contributed by atoms with E-state index in [1.807, 2.05) is 6.08 Å². The topological polar surface area (TPSA) is 175 Å². The van der Waals surface area contributed by atoms with Crippen LogP contribution < -0.4 is 5.32 Å². The normalized spacial score (nSPS) is 19.9. The Morgan fingerprint density at radius 1 is 0.556 bits per heavy atom. The molecule has 0 aliphatic carbocycles. The van der Waals surface area contributed by atoms with Crippen molar-refractivity contribution >= 4 is 11.9 Å². The fourth-order valence-corrected chi connectivity index (χ4v) is 8.95. The van der Waals surface area contributed by atoms with Crippen molar-refractivity contribution in [3.63, 3.8) is 0 Å². The Morgan fingerprint density at radius 2 is 1.00 bits per heavy atom. The van der Waals surface area contributed by atoms with E-state index >= 15 is 0 Å². The number of allylic oxidation sites excluding steroid dienone is 9. The molecule has 11 heteroatoms. The average molecular weight is 1020 g/mol. The van der Waals surface area contributed by atoms with Crippen LogP contribution in [0.3, 0.4) is 0 Å². The molecule has 418 valence electrons. The summed E-state index contributed by atoms with van der Waals surface area (Å²) in [6.07, 6.45) is 49.7. The van der Waals surface area contributed by atoms with Crippen molar-refractivity contribution in [2.45, 2.75) is 301 Å². The van der Waals surface area contributed by atoms with E-state index in [0.29, 0.717) is 12.8 Å². The first kappa shape index (κ1) is 67.4. The monoisotopic (exact) mass is 1020 g/mol. The van der Waals surface area contributed by atoms with Gasteiger partial charge in [-0.15, -0.1) is 0 Å². The Morgan fingerprint density at radius 3 is 1.51 bits per heavy atom. The summed E-state index contributed by atoms with van der Waals surface area (Å²) >= 11 is 0. The van der Waals surface area contributed by atoms with E-state index in [0.717, 1.165) is 89.9 Å². The van der Waals surface area contributed by atoms with Gasteiger partial charge in [0, 0.05) is 6.42 Å². The minimum absolute atomic E-state index is 0.115. The Hall–Kier alpha value is -2.64. The maximum absolute atomic E-state index is 13.4.